The molecule has 1 atom stereocenters. The van der Waals surface area contributed by atoms with Gasteiger partial charge in [0, 0.05) is 24.9 Å². The van der Waals surface area contributed by atoms with Crippen molar-refractivity contribution in [2.24, 2.45) is 11.7 Å². The predicted molar refractivity (Wildman–Crippen MR) is 68.0 cm³/mol. The van der Waals surface area contributed by atoms with Crippen LogP contribution in [0.4, 0.5) is 8.78 Å². The lowest BCUT2D eigenvalue weighted by Crippen LogP contribution is -2.33. The van der Waals surface area contributed by atoms with Crippen LogP contribution in [0.3, 0.4) is 0 Å². The number of halogens is 4. The number of aromatic nitrogens is 2. The van der Waals surface area contributed by atoms with E-state index in [9.17, 15) is 13.6 Å². The first kappa shape index (κ1) is 19.4. The summed E-state index contributed by atoms with van der Waals surface area (Å²) in [4.78, 5) is 15.1. The molecular formula is C9H16Cl2F2N4O. The molecule has 0 aliphatic rings. The van der Waals surface area contributed by atoms with Gasteiger partial charge in [0.05, 0.1) is 6.54 Å². The molecule has 0 radical (unpaired) electrons. The molecule has 0 bridgehead atoms. The van der Waals surface area contributed by atoms with E-state index < -0.39 is 6.55 Å². The first-order chi connectivity index (χ1) is 7.56. The van der Waals surface area contributed by atoms with Gasteiger partial charge in [0.25, 0.3) is 0 Å². The Balaban J connectivity index is 0. The van der Waals surface area contributed by atoms with Gasteiger partial charge < -0.3 is 11.1 Å². The second-order valence-electron chi connectivity index (χ2n) is 3.38. The third kappa shape index (κ3) is 5.16. The van der Waals surface area contributed by atoms with Crippen molar-refractivity contribution >= 4 is 30.7 Å². The second-order valence-corrected chi connectivity index (χ2v) is 3.38. The van der Waals surface area contributed by atoms with E-state index in [0.29, 0.717) is 4.57 Å². The van der Waals surface area contributed by atoms with Crippen LogP contribution in [-0.4, -0.2) is 22.0 Å². The van der Waals surface area contributed by atoms with Crippen LogP contribution in [0.1, 0.15) is 19.3 Å². The molecule has 0 spiro atoms. The van der Waals surface area contributed by atoms with Crippen LogP contribution >= 0.6 is 24.8 Å². The lowest BCUT2D eigenvalue weighted by molar-refractivity contribution is -0.124. The summed E-state index contributed by atoms with van der Waals surface area (Å²) in [7, 11) is 0. The maximum absolute atomic E-state index is 12.4. The van der Waals surface area contributed by atoms with Crippen molar-refractivity contribution in [2.45, 2.75) is 20.0 Å². The van der Waals surface area contributed by atoms with Gasteiger partial charge in [-0.15, -0.1) is 24.8 Å². The van der Waals surface area contributed by atoms with Gasteiger partial charge in [-0.1, -0.05) is 6.92 Å². The largest absolute Gasteiger partial charge is 0.349 e. The molecule has 0 aliphatic carbocycles. The monoisotopic (exact) mass is 304 g/mol. The molecular weight excluding hydrogens is 289 g/mol. The molecule has 0 fully saturated rings. The SMILES string of the molecule is CC(CN)C(=O)NCc1nccn1C(F)F.Cl.Cl. The molecule has 5 nitrogen and oxygen atoms in total. The molecule has 1 aromatic rings. The van der Waals surface area contributed by atoms with Gasteiger partial charge in [0.15, 0.2) is 0 Å². The normalized spacial score (nSPS) is 11.4. The lowest BCUT2D eigenvalue weighted by atomic mass is 10.2. The number of imidazole rings is 1. The van der Waals surface area contributed by atoms with Crippen LogP contribution in [-0.2, 0) is 11.3 Å². The van der Waals surface area contributed by atoms with Crippen LogP contribution in [0.2, 0.25) is 0 Å². The molecule has 1 heterocycles. The number of nitrogens with zero attached hydrogens (tertiary/aromatic N) is 2. The minimum Gasteiger partial charge on any atom is -0.349 e. The third-order valence-electron chi connectivity index (χ3n) is 2.18. The van der Waals surface area contributed by atoms with E-state index in [1.807, 2.05) is 0 Å². The molecule has 1 amide bonds. The zero-order valence-corrected chi connectivity index (χ0v) is 11.3. The van der Waals surface area contributed by atoms with Crippen molar-refractivity contribution in [2.75, 3.05) is 6.54 Å². The molecule has 9 heteroatoms. The summed E-state index contributed by atoms with van der Waals surface area (Å²) in [6.07, 6.45) is 2.43. The smallest absolute Gasteiger partial charge is 0.319 e. The number of carbonyl (C=O) groups excluding carboxylic acids is 1. The van der Waals surface area contributed by atoms with E-state index in [1.165, 1.54) is 12.4 Å². The molecule has 106 valence electrons. The number of alkyl halides is 2. The Morgan fingerprint density at radius 2 is 2.17 bits per heavy atom. The summed E-state index contributed by atoms with van der Waals surface area (Å²) in [5, 5.41) is 2.50. The molecule has 0 aromatic carbocycles. The maximum atomic E-state index is 12.4. The Hall–Kier alpha value is -0.920. The number of hydrogen-bond donors (Lipinski definition) is 2. The summed E-state index contributed by atoms with van der Waals surface area (Å²) in [6.45, 7) is -0.800. The first-order valence-electron chi connectivity index (χ1n) is 4.84. The average Bonchev–Trinajstić information content (AvgIpc) is 2.72. The Morgan fingerprint density at radius 1 is 1.56 bits per heavy atom. The average molecular weight is 305 g/mol. The Bertz CT molecular complexity index is 362. The van der Waals surface area contributed by atoms with Crippen LogP contribution in [0.25, 0.3) is 0 Å². The maximum Gasteiger partial charge on any atom is 0.319 e. The number of nitrogens with two attached hydrogens (primary N) is 1. The Labute approximate surface area is 116 Å². The van der Waals surface area contributed by atoms with Crippen molar-refractivity contribution in [3.63, 3.8) is 0 Å². The highest BCUT2D eigenvalue weighted by Crippen LogP contribution is 2.11. The fraction of sp³-hybridized carbons (Fsp3) is 0.556. The zero-order chi connectivity index (χ0) is 12.1. The molecule has 18 heavy (non-hydrogen) atoms. The highest BCUT2D eigenvalue weighted by Gasteiger charge is 2.14. The molecule has 3 N–H and O–H groups in total. The van der Waals surface area contributed by atoms with Gasteiger partial charge in [-0.2, -0.15) is 8.78 Å². The summed E-state index contributed by atoms with van der Waals surface area (Å²) < 4.78 is 25.5. The highest BCUT2D eigenvalue weighted by molar-refractivity contribution is 5.85. The van der Waals surface area contributed by atoms with Gasteiger partial charge in [-0.05, 0) is 0 Å². The van der Waals surface area contributed by atoms with E-state index in [2.05, 4.69) is 10.3 Å². The highest BCUT2D eigenvalue weighted by atomic mass is 35.5. The molecule has 1 rings (SSSR count). The number of nitrogens with one attached hydrogen (secondary N) is 1. The van der Waals surface area contributed by atoms with Crippen molar-refractivity contribution in [3.05, 3.63) is 18.2 Å². The lowest BCUT2D eigenvalue weighted by Gasteiger charge is -2.10. The third-order valence-corrected chi connectivity index (χ3v) is 2.18. The minimum absolute atomic E-state index is 0. The Kier molecular flexibility index (Phi) is 9.78. The van der Waals surface area contributed by atoms with E-state index in [0.717, 1.165) is 0 Å². The van der Waals surface area contributed by atoms with Crippen LogP contribution < -0.4 is 11.1 Å². The predicted octanol–water partition coefficient (Wildman–Crippen LogP) is 1.33. The van der Waals surface area contributed by atoms with Crippen LogP contribution in [0.5, 0.6) is 0 Å². The molecule has 1 unspecified atom stereocenters. The fourth-order valence-corrected chi connectivity index (χ4v) is 1.11. The van der Waals surface area contributed by atoms with E-state index in [4.69, 9.17) is 5.73 Å². The first-order valence-corrected chi connectivity index (χ1v) is 4.84. The summed E-state index contributed by atoms with van der Waals surface area (Å²) >= 11 is 0. The zero-order valence-electron chi connectivity index (χ0n) is 9.68. The van der Waals surface area contributed by atoms with Gasteiger partial charge in [-0.25, -0.2) is 4.98 Å². The molecule has 0 saturated carbocycles. The Morgan fingerprint density at radius 3 is 2.67 bits per heavy atom. The van der Waals surface area contributed by atoms with Crippen molar-refractivity contribution in [1.29, 1.82) is 0 Å². The van der Waals surface area contributed by atoms with Gasteiger partial charge >= 0.3 is 6.55 Å². The van der Waals surface area contributed by atoms with Crippen molar-refractivity contribution in [1.82, 2.24) is 14.9 Å². The standard InChI is InChI=1S/C9H14F2N4O.2ClH/c1-6(4-12)8(16)14-5-7-13-2-3-15(7)9(10)11;;/h2-3,6,9H,4-5,12H2,1H3,(H,14,16);2*1H. The van der Waals surface area contributed by atoms with Gasteiger partial charge in [-0.3, -0.25) is 9.36 Å². The number of rotatable bonds is 5. The van der Waals surface area contributed by atoms with E-state index in [1.54, 1.807) is 6.92 Å². The van der Waals surface area contributed by atoms with Crippen LogP contribution in [0, 0.1) is 5.92 Å². The van der Waals surface area contributed by atoms with Crippen molar-refractivity contribution < 1.29 is 13.6 Å². The number of amides is 1. The number of carbonyl (C=O) groups is 1. The summed E-state index contributed by atoms with van der Waals surface area (Å²) in [5.41, 5.74) is 5.30. The van der Waals surface area contributed by atoms with Gasteiger partial charge in [0.1, 0.15) is 5.82 Å². The minimum atomic E-state index is -2.65. The molecule has 0 aliphatic heterocycles. The fourth-order valence-electron chi connectivity index (χ4n) is 1.11. The topological polar surface area (TPSA) is 72.9 Å². The molecule has 1 aromatic heterocycles. The van der Waals surface area contributed by atoms with Crippen LogP contribution in [0.15, 0.2) is 12.4 Å². The quantitative estimate of drug-likeness (QED) is 0.862. The van der Waals surface area contributed by atoms with Gasteiger partial charge in [0.2, 0.25) is 5.91 Å². The van der Waals surface area contributed by atoms with E-state index in [-0.39, 0.29) is 55.6 Å². The summed E-state index contributed by atoms with van der Waals surface area (Å²) in [5.74, 6) is -0.492. The summed E-state index contributed by atoms with van der Waals surface area (Å²) in [6, 6.07) is 0. The van der Waals surface area contributed by atoms with E-state index >= 15 is 0 Å². The van der Waals surface area contributed by atoms with Crippen molar-refractivity contribution in [3.8, 4) is 0 Å². The second kappa shape index (κ2) is 9.07. The molecule has 0 saturated heterocycles. The number of hydrogen-bond acceptors (Lipinski definition) is 3.